The van der Waals surface area contributed by atoms with Crippen LogP contribution in [0.25, 0.3) is 0 Å². The van der Waals surface area contributed by atoms with Crippen LogP contribution < -0.4 is 5.73 Å². The number of piperidine rings is 1. The van der Waals surface area contributed by atoms with E-state index in [-0.39, 0.29) is 10.7 Å². The third kappa shape index (κ3) is 2.62. The van der Waals surface area contributed by atoms with Crippen molar-refractivity contribution in [2.24, 2.45) is 12.8 Å². The highest BCUT2D eigenvalue weighted by Gasteiger charge is 2.38. The molecule has 1 aromatic heterocycles. The summed E-state index contributed by atoms with van der Waals surface area (Å²) in [6.45, 7) is 1.37. The molecule has 7 heteroatoms. The molecule has 0 unspecified atom stereocenters. The zero-order valence-electron chi connectivity index (χ0n) is 11.1. The number of carbonyl (C=O) groups is 1. The van der Waals surface area contributed by atoms with E-state index in [9.17, 15) is 4.79 Å². The van der Waals surface area contributed by atoms with Gasteiger partial charge in [0.05, 0.1) is 9.74 Å². The molecule has 0 atom stereocenters. The molecule has 104 valence electrons. The Morgan fingerprint density at radius 1 is 1.53 bits per heavy atom. The summed E-state index contributed by atoms with van der Waals surface area (Å²) < 4.78 is 1.45. The van der Waals surface area contributed by atoms with Crippen LogP contribution in [0.4, 0.5) is 0 Å². The normalized spacial score (nSPS) is 18.3. The van der Waals surface area contributed by atoms with Gasteiger partial charge in [-0.2, -0.15) is 16.9 Å². The summed E-state index contributed by atoms with van der Waals surface area (Å²) in [6, 6.07) is 1.74. The molecule has 2 N–H and O–H groups in total. The van der Waals surface area contributed by atoms with Gasteiger partial charge in [0.15, 0.2) is 0 Å². The van der Waals surface area contributed by atoms with E-state index in [1.807, 2.05) is 11.2 Å². The molecule has 5 nitrogen and oxygen atoms in total. The van der Waals surface area contributed by atoms with Crippen molar-refractivity contribution in [2.45, 2.75) is 17.6 Å². The second-order valence-corrected chi connectivity index (χ2v) is 6.32. The predicted molar refractivity (Wildman–Crippen MR) is 81.4 cm³/mol. The van der Waals surface area contributed by atoms with Crippen LogP contribution in [0.3, 0.4) is 0 Å². The average molecular weight is 298 g/mol. The van der Waals surface area contributed by atoms with E-state index >= 15 is 0 Å². The maximum absolute atomic E-state index is 12.3. The fourth-order valence-electron chi connectivity index (χ4n) is 2.37. The lowest BCUT2D eigenvalue weighted by atomic mass is 9.95. The van der Waals surface area contributed by atoms with Gasteiger partial charge < -0.3 is 10.6 Å². The Labute approximate surface area is 122 Å². The Hall–Kier alpha value is -1.08. The molecule has 19 heavy (non-hydrogen) atoms. The fraction of sp³-hybridized carbons (Fsp3) is 0.583. The molecule has 1 aliphatic heterocycles. The highest BCUT2D eigenvalue weighted by Crippen LogP contribution is 2.35. The SMILES string of the molecule is CSC1(C(N)=S)CCN(C(=O)c2ccnn2C)CC1. The van der Waals surface area contributed by atoms with Crippen molar-refractivity contribution in [2.75, 3.05) is 19.3 Å². The maximum atomic E-state index is 12.3. The third-order valence-electron chi connectivity index (χ3n) is 3.74. The first kappa shape index (κ1) is 14.3. The van der Waals surface area contributed by atoms with Crippen molar-refractivity contribution in [3.8, 4) is 0 Å². The van der Waals surface area contributed by atoms with E-state index in [2.05, 4.69) is 5.10 Å². The van der Waals surface area contributed by atoms with Crippen molar-refractivity contribution >= 4 is 34.9 Å². The maximum Gasteiger partial charge on any atom is 0.272 e. The van der Waals surface area contributed by atoms with Crippen molar-refractivity contribution in [1.29, 1.82) is 0 Å². The zero-order chi connectivity index (χ0) is 14.0. The van der Waals surface area contributed by atoms with Crippen molar-refractivity contribution in [3.63, 3.8) is 0 Å². The van der Waals surface area contributed by atoms with Gasteiger partial charge >= 0.3 is 0 Å². The summed E-state index contributed by atoms with van der Waals surface area (Å²) in [4.78, 5) is 14.7. The van der Waals surface area contributed by atoms with Crippen LogP contribution in [0.15, 0.2) is 12.3 Å². The van der Waals surface area contributed by atoms with Crippen LogP contribution in [0.1, 0.15) is 23.3 Å². The van der Waals surface area contributed by atoms with Crippen LogP contribution in [-0.4, -0.2) is 49.7 Å². The number of hydrogen-bond acceptors (Lipinski definition) is 4. The lowest BCUT2D eigenvalue weighted by Gasteiger charge is -2.39. The Morgan fingerprint density at radius 2 is 2.16 bits per heavy atom. The Bertz CT molecular complexity index is 492. The van der Waals surface area contributed by atoms with Gasteiger partial charge in [0.2, 0.25) is 0 Å². The molecule has 1 saturated heterocycles. The van der Waals surface area contributed by atoms with Crippen molar-refractivity contribution in [3.05, 3.63) is 18.0 Å². The van der Waals surface area contributed by atoms with Gasteiger partial charge in [-0.05, 0) is 25.2 Å². The van der Waals surface area contributed by atoms with Crippen LogP contribution in [-0.2, 0) is 7.05 Å². The first-order valence-corrected chi connectivity index (χ1v) is 7.76. The van der Waals surface area contributed by atoms with Crippen molar-refractivity contribution in [1.82, 2.24) is 14.7 Å². The zero-order valence-corrected chi connectivity index (χ0v) is 12.8. The van der Waals surface area contributed by atoms with Crippen LogP contribution >= 0.6 is 24.0 Å². The number of nitrogens with zero attached hydrogens (tertiary/aromatic N) is 3. The van der Waals surface area contributed by atoms with Crippen molar-refractivity contribution < 1.29 is 4.79 Å². The summed E-state index contributed by atoms with van der Waals surface area (Å²) >= 11 is 6.86. The minimum Gasteiger partial charge on any atom is -0.392 e. The smallest absolute Gasteiger partial charge is 0.272 e. The lowest BCUT2D eigenvalue weighted by Crippen LogP contribution is -2.50. The third-order valence-corrected chi connectivity index (χ3v) is 5.67. The van der Waals surface area contributed by atoms with Gasteiger partial charge in [0, 0.05) is 26.3 Å². The molecule has 1 aromatic rings. The molecule has 2 heterocycles. The summed E-state index contributed by atoms with van der Waals surface area (Å²) in [5.74, 6) is 0.0256. The fourth-order valence-corrected chi connectivity index (χ4v) is 3.61. The molecule has 0 spiro atoms. The Morgan fingerprint density at radius 3 is 2.58 bits per heavy atom. The van der Waals surface area contributed by atoms with Crippen LogP contribution in [0.5, 0.6) is 0 Å². The molecule has 0 bridgehead atoms. The molecular weight excluding hydrogens is 280 g/mol. The summed E-state index contributed by atoms with van der Waals surface area (Å²) in [5, 5.41) is 4.03. The molecule has 1 amide bonds. The molecule has 1 fully saturated rings. The van der Waals surface area contributed by atoms with Gasteiger partial charge in [0.1, 0.15) is 5.69 Å². The number of hydrogen-bond donors (Lipinski definition) is 1. The van der Waals surface area contributed by atoms with E-state index in [1.54, 1.807) is 35.8 Å². The number of nitrogens with two attached hydrogens (primary N) is 1. The number of rotatable bonds is 3. The number of likely N-dealkylation sites (tertiary alicyclic amines) is 1. The Balaban J connectivity index is 2.06. The highest BCUT2D eigenvalue weighted by molar-refractivity contribution is 8.02. The lowest BCUT2D eigenvalue weighted by molar-refractivity contribution is 0.0707. The number of amides is 1. The average Bonchev–Trinajstić information content (AvgIpc) is 2.84. The van der Waals surface area contributed by atoms with Gasteiger partial charge in [0.25, 0.3) is 5.91 Å². The molecular formula is C12H18N4OS2. The van der Waals surface area contributed by atoms with E-state index in [1.165, 1.54) is 0 Å². The predicted octanol–water partition coefficient (Wildman–Crippen LogP) is 1.04. The molecule has 0 saturated carbocycles. The molecule has 0 aromatic carbocycles. The highest BCUT2D eigenvalue weighted by atomic mass is 32.2. The minimum atomic E-state index is -0.154. The topological polar surface area (TPSA) is 64.2 Å². The summed E-state index contributed by atoms with van der Waals surface area (Å²) in [6.07, 6.45) is 5.29. The first-order chi connectivity index (χ1) is 9.00. The largest absolute Gasteiger partial charge is 0.392 e. The minimum absolute atomic E-state index is 0.0256. The van der Waals surface area contributed by atoms with E-state index in [0.29, 0.717) is 23.8 Å². The molecule has 0 aliphatic carbocycles. The number of aromatic nitrogens is 2. The number of thioether (sulfide) groups is 1. The first-order valence-electron chi connectivity index (χ1n) is 6.12. The standard InChI is InChI=1S/C12H18N4OS2/c1-15-9(3-6-14-15)10(17)16-7-4-12(19-2,5-8-16)11(13)18/h3,6H,4-5,7-8H2,1-2H3,(H2,13,18). The van der Waals surface area contributed by atoms with E-state index < -0.39 is 0 Å². The van der Waals surface area contributed by atoms with Gasteiger partial charge in [-0.25, -0.2) is 0 Å². The van der Waals surface area contributed by atoms with Gasteiger partial charge in [-0.15, -0.1) is 0 Å². The second-order valence-electron chi connectivity index (χ2n) is 4.69. The monoisotopic (exact) mass is 298 g/mol. The molecule has 2 rings (SSSR count). The second kappa shape index (κ2) is 5.50. The molecule has 1 aliphatic rings. The van der Waals surface area contributed by atoms with E-state index in [4.69, 9.17) is 18.0 Å². The van der Waals surface area contributed by atoms with Gasteiger partial charge in [-0.1, -0.05) is 12.2 Å². The quantitative estimate of drug-likeness (QED) is 0.845. The number of carbonyl (C=O) groups excluding carboxylic acids is 1. The van der Waals surface area contributed by atoms with E-state index in [0.717, 1.165) is 12.8 Å². The summed E-state index contributed by atoms with van der Waals surface area (Å²) in [7, 11) is 1.78. The van der Waals surface area contributed by atoms with Crippen LogP contribution in [0, 0.1) is 0 Å². The summed E-state index contributed by atoms with van der Waals surface area (Å²) in [5.41, 5.74) is 6.46. The Kier molecular flexibility index (Phi) is 4.15. The number of aryl methyl sites for hydroxylation is 1. The van der Waals surface area contributed by atoms with Gasteiger partial charge in [-0.3, -0.25) is 9.48 Å². The molecule has 0 radical (unpaired) electrons. The van der Waals surface area contributed by atoms with Crippen LogP contribution in [0.2, 0.25) is 0 Å². The number of thiocarbonyl (C=S) groups is 1.